The average molecular weight is 867 g/mol. The summed E-state index contributed by atoms with van der Waals surface area (Å²) in [6, 6.07) is 53.5. The van der Waals surface area contributed by atoms with Crippen molar-refractivity contribution in [2.45, 2.75) is 26.2 Å². The van der Waals surface area contributed by atoms with Gasteiger partial charge in [-0.1, -0.05) is 127 Å². The maximum Gasteiger partial charge on any atom is 0.417 e. The summed E-state index contributed by atoms with van der Waals surface area (Å²) in [6.45, 7) is 4.10. The Bertz CT molecular complexity index is 3270. The maximum absolute atomic E-state index is 15.2. The molecule has 0 aliphatic rings. The Kier molecular flexibility index (Phi) is 10.2. The number of hydrogen-bond donors (Lipinski definition) is 0. The van der Waals surface area contributed by atoms with Crippen molar-refractivity contribution in [3.63, 3.8) is 0 Å². The van der Waals surface area contributed by atoms with Gasteiger partial charge < -0.3 is 4.57 Å². The Labute approximate surface area is 370 Å². The molecule has 0 unspecified atom stereocenters. The Hall–Kier alpha value is -7.85. The van der Waals surface area contributed by atoms with E-state index in [0.29, 0.717) is 22.9 Å². The van der Waals surface area contributed by atoms with E-state index in [1.54, 1.807) is 18.2 Å². The zero-order valence-electron chi connectivity index (χ0n) is 34.9. The highest BCUT2D eigenvalue weighted by Crippen LogP contribution is 2.45. The van der Waals surface area contributed by atoms with Gasteiger partial charge in [0.05, 0.1) is 22.2 Å². The van der Waals surface area contributed by atoms with Crippen LogP contribution in [-0.4, -0.2) is 19.5 Å². The second kappa shape index (κ2) is 16.1. The summed E-state index contributed by atoms with van der Waals surface area (Å²) in [5, 5.41) is 1.81. The smallest absolute Gasteiger partial charge is 0.309 e. The quantitative estimate of drug-likeness (QED) is 0.150. The summed E-state index contributed by atoms with van der Waals surface area (Å²) >= 11 is 0. The molecule has 4 nitrogen and oxygen atoms in total. The molecule has 0 atom stereocenters. The van der Waals surface area contributed by atoms with Crippen molar-refractivity contribution in [2.24, 2.45) is 0 Å². The molecule has 0 aliphatic carbocycles. The maximum atomic E-state index is 15.2. The highest BCUT2D eigenvalue weighted by atomic mass is 19.4. The number of fused-ring (bicyclic) bond motifs is 3. The first kappa shape index (κ1) is 41.2. The van der Waals surface area contributed by atoms with E-state index in [-0.39, 0.29) is 34.7 Å². The van der Waals surface area contributed by atoms with Gasteiger partial charge in [-0.15, -0.1) is 0 Å². The molecule has 10 rings (SSSR count). The second-order valence-electron chi connectivity index (χ2n) is 16.0. The lowest BCUT2D eigenvalue weighted by Gasteiger charge is -2.20. The normalized spacial score (nSPS) is 12.0. The third-order valence-corrected chi connectivity index (χ3v) is 11.8. The third kappa shape index (κ3) is 7.71. The molecule has 0 bridgehead atoms. The molecule has 0 spiro atoms. The zero-order valence-corrected chi connectivity index (χ0v) is 34.9. The topological polar surface area (TPSA) is 43.6 Å². The Morgan fingerprint density at radius 1 is 0.369 bits per heavy atom. The van der Waals surface area contributed by atoms with Gasteiger partial charge in [0.1, 0.15) is 0 Å². The number of halogens is 6. The van der Waals surface area contributed by atoms with Gasteiger partial charge in [-0.2, -0.15) is 26.3 Å². The first-order chi connectivity index (χ1) is 31.3. The fourth-order valence-corrected chi connectivity index (χ4v) is 8.64. The zero-order chi connectivity index (χ0) is 45.0. The van der Waals surface area contributed by atoms with Crippen LogP contribution in [0.5, 0.6) is 0 Å². The molecule has 0 amide bonds. The SMILES string of the molecule is Cc1ccccc1-c1ccc2c(c1)c1cc(-c3ccccc3C)ccc1n2-c1ccc(-c2nc(-c3ccccc3)nc(-c3ccccc3)n2)c(-c2ccc(C(F)(F)F)cc2C(F)(F)F)c1. The van der Waals surface area contributed by atoms with Crippen LogP contribution >= 0.6 is 0 Å². The van der Waals surface area contributed by atoms with Crippen molar-refractivity contribution in [1.82, 2.24) is 19.5 Å². The Morgan fingerprint density at radius 3 is 1.34 bits per heavy atom. The van der Waals surface area contributed by atoms with Crippen LogP contribution in [0.3, 0.4) is 0 Å². The molecule has 10 heteroatoms. The van der Waals surface area contributed by atoms with Crippen LogP contribution in [0.2, 0.25) is 0 Å². The molecule has 0 radical (unpaired) electrons. The predicted molar refractivity (Wildman–Crippen MR) is 246 cm³/mol. The van der Waals surface area contributed by atoms with Crippen molar-refractivity contribution < 1.29 is 26.3 Å². The van der Waals surface area contributed by atoms with Crippen LogP contribution in [0.15, 0.2) is 182 Å². The van der Waals surface area contributed by atoms with Gasteiger partial charge in [0.15, 0.2) is 17.5 Å². The lowest BCUT2D eigenvalue weighted by atomic mass is 9.92. The van der Waals surface area contributed by atoms with Crippen molar-refractivity contribution in [3.8, 4) is 73.2 Å². The summed E-state index contributed by atoms with van der Waals surface area (Å²) in [6.07, 6.45) is -10.2. The molecule has 10 aromatic rings. The summed E-state index contributed by atoms with van der Waals surface area (Å²) in [4.78, 5) is 14.4. The number of alkyl halides is 6. The van der Waals surface area contributed by atoms with Gasteiger partial charge in [-0.3, -0.25) is 0 Å². The molecule has 65 heavy (non-hydrogen) atoms. The van der Waals surface area contributed by atoms with E-state index < -0.39 is 29.0 Å². The standard InChI is InChI=1S/C55H36F6N4/c1-33-13-9-11-19-41(33)37-21-27-49-46(29-37)47-30-38(42-20-12-10-14-34(42)2)22-28-50(47)65(49)40-24-26-44(45(32-40)43-25-23-39(54(56,57)58)31-48(43)55(59,60)61)53-63-51(35-15-5-3-6-16-35)62-52(64-53)36-17-7-4-8-18-36/h3-32H,1-2H3. The van der Waals surface area contributed by atoms with Crippen molar-refractivity contribution in [3.05, 3.63) is 204 Å². The van der Waals surface area contributed by atoms with E-state index in [9.17, 15) is 13.2 Å². The van der Waals surface area contributed by atoms with Crippen molar-refractivity contribution in [2.75, 3.05) is 0 Å². The summed E-state index contributed by atoms with van der Waals surface area (Å²) < 4.78 is 89.9. The van der Waals surface area contributed by atoms with E-state index in [2.05, 4.69) is 50.2 Å². The van der Waals surface area contributed by atoms with Crippen molar-refractivity contribution in [1.29, 1.82) is 0 Å². The summed E-state index contributed by atoms with van der Waals surface area (Å²) in [7, 11) is 0. The lowest BCUT2D eigenvalue weighted by Crippen LogP contribution is -2.12. The highest BCUT2D eigenvalue weighted by Gasteiger charge is 2.39. The molecule has 0 N–H and O–H groups in total. The molecule has 0 fully saturated rings. The fraction of sp³-hybridized carbons (Fsp3) is 0.0727. The van der Waals surface area contributed by atoms with E-state index >= 15 is 13.2 Å². The Balaban J connectivity index is 1.27. The van der Waals surface area contributed by atoms with Crippen molar-refractivity contribution >= 4 is 21.8 Å². The van der Waals surface area contributed by atoms with Gasteiger partial charge in [0.25, 0.3) is 0 Å². The second-order valence-corrected chi connectivity index (χ2v) is 16.0. The van der Waals surface area contributed by atoms with E-state index in [4.69, 9.17) is 15.0 Å². The molecule has 2 aromatic heterocycles. The largest absolute Gasteiger partial charge is 0.417 e. The molecule has 8 aromatic carbocycles. The van der Waals surface area contributed by atoms with Gasteiger partial charge in [-0.25, -0.2) is 15.0 Å². The first-order valence-electron chi connectivity index (χ1n) is 20.8. The first-order valence-corrected chi connectivity index (χ1v) is 20.8. The third-order valence-electron chi connectivity index (χ3n) is 11.8. The number of benzene rings is 8. The minimum atomic E-state index is -5.17. The van der Waals surface area contributed by atoms with Gasteiger partial charge in [0.2, 0.25) is 0 Å². The molecule has 0 saturated heterocycles. The van der Waals surface area contributed by atoms with Crippen LogP contribution < -0.4 is 0 Å². The minimum absolute atomic E-state index is 0.0177. The number of hydrogen-bond acceptors (Lipinski definition) is 3. The Morgan fingerprint density at radius 2 is 0.846 bits per heavy atom. The lowest BCUT2D eigenvalue weighted by molar-refractivity contribution is -0.142. The number of nitrogens with zero attached hydrogens (tertiary/aromatic N) is 4. The van der Waals surface area contributed by atoms with Crippen LogP contribution in [0, 0.1) is 13.8 Å². The van der Waals surface area contributed by atoms with Gasteiger partial charge >= 0.3 is 12.4 Å². The minimum Gasteiger partial charge on any atom is -0.309 e. The average Bonchev–Trinajstić information content (AvgIpc) is 3.64. The molecule has 0 aliphatic heterocycles. The van der Waals surface area contributed by atoms with Gasteiger partial charge in [-0.05, 0) is 113 Å². The van der Waals surface area contributed by atoms with E-state index in [1.807, 2.05) is 114 Å². The molecular formula is C55H36F6N4. The monoisotopic (exact) mass is 866 g/mol. The van der Waals surface area contributed by atoms with E-state index in [0.717, 1.165) is 61.3 Å². The number of rotatable bonds is 7. The van der Waals surface area contributed by atoms with Gasteiger partial charge in [0, 0.05) is 33.2 Å². The van der Waals surface area contributed by atoms with Crippen LogP contribution in [-0.2, 0) is 12.4 Å². The predicted octanol–water partition coefficient (Wildman–Crippen LogP) is 15.6. The molecule has 2 heterocycles. The highest BCUT2D eigenvalue weighted by molar-refractivity contribution is 6.12. The fourth-order valence-electron chi connectivity index (χ4n) is 8.64. The van der Waals surface area contributed by atoms with E-state index in [1.165, 1.54) is 0 Å². The number of aryl methyl sites for hydroxylation is 2. The summed E-state index contributed by atoms with van der Waals surface area (Å²) in [5.41, 5.74) is 6.41. The van der Waals surface area contributed by atoms with Crippen LogP contribution in [0.4, 0.5) is 26.3 Å². The summed E-state index contributed by atoms with van der Waals surface area (Å²) in [5.74, 6) is 0.578. The van der Waals surface area contributed by atoms with Crippen LogP contribution in [0.25, 0.3) is 95.0 Å². The molecule has 318 valence electrons. The van der Waals surface area contributed by atoms with Crippen LogP contribution in [0.1, 0.15) is 22.3 Å². The molecule has 0 saturated carbocycles. The number of aromatic nitrogens is 4. The molecular weight excluding hydrogens is 831 g/mol.